The molecule has 0 radical (unpaired) electrons. The first-order valence-electron chi connectivity index (χ1n) is 13.1. The van der Waals surface area contributed by atoms with Crippen molar-refractivity contribution in [3.63, 3.8) is 0 Å². The molecule has 6 N–H and O–H groups in total. The van der Waals surface area contributed by atoms with E-state index in [1.165, 1.54) is 31.6 Å². The van der Waals surface area contributed by atoms with E-state index in [2.05, 4.69) is 10.6 Å². The molecule has 0 aliphatic carbocycles. The van der Waals surface area contributed by atoms with E-state index in [9.17, 15) is 39.0 Å². The van der Waals surface area contributed by atoms with Crippen LogP contribution < -0.4 is 16.1 Å². The maximum absolute atomic E-state index is 13.2. The summed E-state index contributed by atoms with van der Waals surface area (Å²) in [5.41, 5.74) is 2.08. The van der Waals surface area contributed by atoms with Crippen LogP contribution in [-0.2, 0) is 44.7 Å². The summed E-state index contributed by atoms with van der Waals surface area (Å²) in [6.45, 7) is 2.16. The first-order valence-corrected chi connectivity index (χ1v) is 13.1. The molecule has 228 valence electrons. The lowest BCUT2D eigenvalue weighted by atomic mass is 9.90. The second-order valence-electron chi connectivity index (χ2n) is 9.47. The lowest BCUT2D eigenvalue weighted by Gasteiger charge is -2.23. The number of aliphatic carboxylic acids is 1. The molecule has 3 amide bonds. The Bertz CT molecular complexity index is 1030. The number of hydrogen-bond donors (Lipinski definition) is 6. The van der Waals surface area contributed by atoms with E-state index < -0.39 is 60.2 Å². The standard InChI is InChI=1S/C27H39N3O11/c1-17(31)13-19(14-18-3-5-21(32)6-4-18)27(38)29-22(7-8-24(34)30-39)23(33)15-20(16-25(35)36)26(37)28-9-10-41-12-11-40-2/h3-6,19-20,22,32,39H,7-16H2,1-2H3,(H,28,37)(H,29,38)(H,30,34)(H,35,36)/t19-,20-,22+/m0/s1. The Morgan fingerprint density at radius 3 is 2.17 bits per heavy atom. The van der Waals surface area contributed by atoms with E-state index in [1.807, 2.05) is 0 Å². The third-order valence-electron chi connectivity index (χ3n) is 6.03. The van der Waals surface area contributed by atoms with E-state index >= 15 is 0 Å². The summed E-state index contributed by atoms with van der Waals surface area (Å²) in [7, 11) is 1.50. The van der Waals surface area contributed by atoms with Gasteiger partial charge in [0.05, 0.1) is 38.2 Å². The average molecular weight is 582 g/mol. The van der Waals surface area contributed by atoms with Crippen molar-refractivity contribution in [3.05, 3.63) is 29.8 Å². The maximum atomic E-state index is 13.2. The summed E-state index contributed by atoms with van der Waals surface area (Å²) in [6.07, 6.45) is -1.87. The third-order valence-corrected chi connectivity index (χ3v) is 6.03. The number of hydrogen-bond acceptors (Lipinski definition) is 10. The monoisotopic (exact) mass is 581 g/mol. The lowest BCUT2D eigenvalue weighted by molar-refractivity contribution is -0.142. The van der Waals surface area contributed by atoms with Gasteiger partial charge in [-0.15, -0.1) is 0 Å². The Morgan fingerprint density at radius 2 is 1.59 bits per heavy atom. The number of phenols is 1. The first kappa shape index (κ1) is 35.1. The second-order valence-corrected chi connectivity index (χ2v) is 9.47. The minimum absolute atomic E-state index is 0.0210. The topological polar surface area (TPSA) is 218 Å². The predicted molar refractivity (Wildman–Crippen MR) is 143 cm³/mol. The number of carbonyl (C=O) groups is 6. The number of ether oxygens (including phenoxy) is 2. The minimum Gasteiger partial charge on any atom is -0.508 e. The highest BCUT2D eigenvalue weighted by molar-refractivity contribution is 5.95. The molecule has 41 heavy (non-hydrogen) atoms. The summed E-state index contributed by atoms with van der Waals surface area (Å²) in [5, 5.41) is 32.7. The van der Waals surface area contributed by atoms with Gasteiger partial charge in [0.1, 0.15) is 11.5 Å². The molecule has 14 heteroatoms. The number of Topliss-reactive ketones (excluding diaryl/α,β-unsaturated/α-hetero) is 2. The molecule has 14 nitrogen and oxygen atoms in total. The van der Waals surface area contributed by atoms with Gasteiger partial charge in [-0.3, -0.25) is 29.2 Å². The highest BCUT2D eigenvalue weighted by atomic mass is 16.5. The molecule has 0 unspecified atom stereocenters. The van der Waals surface area contributed by atoms with Gasteiger partial charge in [-0.1, -0.05) is 12.1 Å². The van der Waals surface area contributed by atoms with Crippen LogP contribution >= 0.6 is 0 Å². The van der Waals surface area contributed by atoms with Gasteiger partial charge >= 0.3 is 5.97 Å². The molecule has 0 spiro atoms. The van der Waals surface area contributed by atoms with Gasteiger partial charge in [-0.2, -0.15) is 0 Å². The van der Waals surface area contributed by atoms with Gasteiger partial charge in [-0.05, 0) is 37.5 Å². The number of phenolic OH excluding ortho intramolecular Hbond substituents is 1. The van der Waals surface area contributed by atoms with Gasteiger partial charge in [0, 0.05) is 38.8 Å². The van der Waals surface area contributed by atoms with Gasteiger partial charge in [0.25, 0.3) is 0 Å². The van der Waals surface area contributed by atoms with Crippen LogP contribution in [0, 0.1) is 11.8 Å². The van der Waals surface area contributed by atoms with E-state index in [-0.39, 0.29) is 50.4 Å². The van der Waals surface area contributed by atoms with Crippen molar-refractivity contribution in [1.29, 1.82) is 0 Å². The van der Waals surface area contributed by atoms with Gasteiger partial charge in [-0.25, -0.2) is 5.48 Å². The van der Waals surface area contributed by atoms with Crippen molar-refractivity contribution in [2.75, 3.05) is 33.5 Å². The predicted octanol–water partition coefficient (Wildman–Crippen LogP) is 0.130. The number of carbonyl (C=O) groups excluding carboxylic acids is 5. The normalized spacial score (nSPS) is 13.0. The van der Waals surface area contributed by atoms with Crippen molar-refractivity contribution < 1.29 is 53.7 Å². The second kappa shape index (κ2) is 19.2. The Hall–Kier alpha value is -3.88. The molecule has 1 rings (SSSR count). The molecule has 0 saturated heterocycles. The fourth-order valence-corrected chi connectivity index (χ4v) is 3.94. The van der Waals surface area contributed by atoms with Crippen molar-refractivity contribution in [2.45, 2.75) is 51.5 Å². The summed E-state index contributed by atoms with van der Waals surface area (Å²) >= 11 is 0. The van der Waals surface area contributed by atoms with Crippen LogP contribution in [0.2, 0.25) is 0 Å². The van der Waals surface area contributed by atoms with Gasteiger partial charge < -0.3 is 35.1 Å². The number of nitrogens with one attached hydrogen (secondary N) is 3. The quantitative estimate of drug-likeness (QED) is 0.0651. The van der Waals surface area contributed by atoms with Crippen LogP contribution in [0.4, 0.5) is 0 Å². The van der Waals surface area contributed by atoms with Crippen LogP contribution in [0.25, 0.3) is 0 Å². The van der Waals surface area contributed by atoms with Gasteiger partial charge in [0.2, 0.25) is 17.7 Å². The van der Waals surface area contributed by atoms with Crippen molar-refractivity contribution in [2.24, 2.45) is 11.8 Å². The van der Waals surface area contributed by atoms with Crippen LogP contribution in [0.5, 0.6) is 5.75 Å². The molecule has 0 aromatic heterocycles. The fraction of sp³-hybridized carbons (Fsp3) is 0.556. The summed E-state index contributed by atoms with van der Waals surface area (Å²) in [4.78, 5) is 74.1. The average Bonchev–Trinajstić information content (AvgIpc) is 2.92. The number of carboxylic acid groups (broad SMARTS) is 1. The van der Waals surface area contributed by atoms with E-state index in [1.54, 1.807) is 12.1 Å². The van der Waals surface area contributed by atoms with Crippen LogP contribution in [0.1, 0.15) is 44.6 Å². The molecule has 0 aliphatic rings. The Labute approximate surface area is 237 Å². The zero-order chi connectivity index (χ0) is 30.8. The van der Waals surface area contributed by atoms with E-state index in [0.29, 0.717) is 18.8 Å². The smallest absolute Gasteiger partial charge is 0.304 e. The minimum atomic E-state index is -1.31. The van der Waals surface area contributed by atoms with Crippen molar-refractivity contribution >= 4 is 35.3 Å². The fourth-order valence-electron chi connectivity index (χ4n) is 3.94. The molecule has 0 fully saturated rings. The molecule has 3 atom stereocenters. The summed E-state index contributed by atoms with van der Waals surface area (Å²) in [5.74, 6) is -6.62. The third kappa shape index (κ3) is 14.9. The number of methoxy groups -OCH3 is 1. The van der Waals surface area contributed by atoms with Crippen molar-refractivity contribution in [3.8, 4) is 5.75 Å². The Kier molecular flexibility index (Phi) is 16.5. The lowest BCUT2D eigenvalue weighted by Crippen LogP contribution is -2.46. The first-order chi connectivity index (χ1) is 19.5. The number of hydroxylamine groups is 1. The number of carboxylic acids is 1. The number of benzene rings is 1. The van der Waals surface area contributed by atoms with Gasteiger partial charge in [0.15, 0.2) is 5.78 Å². The zero-order valence-corrected chi connectivity index (χ0v) is 23.2. The molecular formula is C27H39N3O11. The highest BCUT2D eigenvalue weighted by Crippen LogP contribution is 2.19. The zero-order valence-electron chi connectivity index (χ0n) is 23.2. The van der Waals surface area contributed by atoms with E-state index in [4.69, 9.17) is 14.7 Å². The van der Waals surface area contributed by atoms with Crippen LogP contribution in [0.15, 0.2) is 24.3 Å². The maximum Gasteiger partial charge on any atom is 0.304 e. The molecule has 0 bridgehead atoms. The Morgan fingerprint density at radius 1 is 0.902 bits per heavy atom. The molecular weight excluding hydrogens is 542 g/mol. The van der Waals surface area contributed by atoms with E-state index in [0.717, 1.165) is 0 Å². The molecule has 0 aliphatic heterocycles. The largest absolute Gasteiger partial charge is 0.508 e. The molecule has 1 aromatic carbocycles. The number of aromatic hydroxyl groups is 1. The highest BCUT2D eigenvalue weighted by Gasteiger charge is 2.31. The molecule has 0 saturated carbocycles. The Balaban J connectivity index is 3.02. The summed E-state index contributed by atoms with van der Waals surface area (Å²) in [6, 6.07) is 4.72. The number of amides is 3. The molecule has 0 heterocycles. The van der Waals surface area contributed by atoms with Crippen LogP contribution in [-0.4, -0.2) is 90.2 Å². The van der Waals surface area contributed by atoms with Crippen molar-refractivity contribution in [1.82, 2.24) is 16.1 Å². The SMILES string of the molecule is COCCOCCNC(=O)[C@H](CC(=O)O)CC(=O)[C@@H](CCC(=O)NO)NC(=O)[C@@H](CC(C)=O)Cc1ccc(O)cc1. The number of rotatable bonds is 21. The van der Waals surface area contributed by atoms with Crippen LogP contribution in [0.3, 0.4) is 0 Å². The molecule has 1 aromatic rings. The summed E-state index contributed by atoms with van der Waals surface area (Å²) < 4.78 is 10.1. The number of ketones is 2.